The van der Waals surface area contributed by atoms with Crippen LogP contribution in [-0.4, -0.2) is 47.3 Å². The summed E-state index contributed by atoms with van der Waals surface area (Å²) >= 11 is 0. The van der Waals surface area contributed by atoms with Crippen LogP contribution < -0.4 is 5.32 Å². The second-order valence-electron chi connectivity index (χ2n) is 7.01. The third-order valence-electron chi connectivity index (χ3n) is 4.06. The van der Waals surface area contributed by atoms with Gasteiger partial charge in [0, 0.05) is 24.2 Å². The Morgan fingerprint density at radius 3 is 2.37 bits per heavy atom. The highest BCUT2D eigenvalue weighted by molar-refractivity contribution is 4.89. The lowest BCUT2D eigenvalue weighted by molar-refractivity contribution is 0.106. The zero-order chi connectivity index (χ0) is 14.5. The minimum Gasteiger partial charge on any atom is -0.394 e. The molecule has 3 heteroatoms. The number of hydrogen-bond acceptors (Lipinski definition) is 3. The van der Waals surface area contributed by atoms with E-state index in [1.54, 1.807) is 0 Å². The summed E-state index contributed by atoms with van der Waals surface area (Å²) in [7, 11) is 0. The zero-order valence-electron chi connectivity index (χ0n) is 13.6. The molecular weight excluding hydrogens is 236 g/mol. The van der Waals surface area contributed by atoms with Gasteiger partial charge in [0.15, 0.2) is 0 Å². The standard InChI is InChI=1S/C16H34N2O/c1-6-9-18(11-15-7-8-15)14(4)10-16(5,12-19)17-13(2)3/h13-15,17,19H,6-12H2,1-5H3. The summed E-state index contributed by atoms with van der Waals surface area (Å²) in [4.78, 5) is 2.62. The second kappa shape index (κ2) is 7.61. The van der Waals surface area contributed by atoms with E-state index < -0.39 is 0 Å². The summed E-state index contributed by atoms with van der Waals surface area (Å²) in [5, 5.41) is 13.2. The molecule has 0 spiro atoms. The molecular formula is C16H34N2O. The average molecular weight is 270 g/mol. The molecule has 2 atom stereocenters. The quantitative estimate of drug-likeness (QED) is 0.640. The molecule has 1 rings (SSSR count). The Kier molecular flexibility index (Phi) is 6.78. The van der Waals surface area contributed by atoms with Crippen LogP contribution in [0.15, 0.2) is 0 Å². The molecule has 0 aliphatic heterocycles. The van der Waals surface area contributed by atoms with E-state index in [1.165, 1.54) is 32.4 Å². The normalized spacial score (nSPS) is 20.8. The molecule has 0 radical (unpaired) electrons. The zero-order valence-corrected chi connectivity index (χ0v) is 13.6. The Morgan fingerprint density at radius 2 is 1.95 bits per heavy atom. The van der Waals surface area contributed by atoms with Crippen molar-refractivity contribution in [2.75, 3.05) is 19.7 Å². The monoisotopic (exact) mass is 270 g/mol. The molecule has 0 aromatic heterocycles. The molecule has 0 aromatic rings. The van der Waals surface area contributed by atoms with E-state index in [0.717, 1.165) is 12.3 Å². The van der Waals surface area contributed by atoms with Crippen LogP contribution in [0.4, 0.5) is 0 Å². The summed E-state index contributed by atoms with van der Waals surface area (Å²) in [5.41, 5.74) is -0.164. The van der Waals surface area contributed by atoms with Crippen molar-refractivity contribution >= 4 is 0 Å². The predicted molar refractivity (Wildman–Crippen MR) is 82.4 cm³/mol. The van der Waals surface area contributed by atoms with Crippen LogP contribution in [0.5, 0.6) is 0 Å². The van der Waals surface area contributed by atoms with Crippen molar-refractivity contribution in [1.82, 2.24) is 10.2 Å². The van der Waals surface area contributed by atoms with Crippen molar-refractivity contribution in [3.63, 3.8) is 0 Å². The molecule has 1 aliphatic carbocycles. The lowest BCUT2D eigenvalue weighted by Crippen LogP contribution is -2.53. The van der Waals surface area contributed by atoms with Crippen molar-refractivity contribution in [3.8, 4) is 0 Å². The van der Waals surface area contributed by atoms with E-state index >= 15 is 0 Å². The van der Waals surface area contributed by atoms with Crippen LogP contribution in [-0.2, 0) is 0 Å². The summed E-state index contributed by atoms with van der Waals surface area (Å²) < 4.78 is 0. The summed E-state index contributed by atoms with van der Waals surface area (Å²) in [6.07, 6.45) is 5.04. The van der Waals surface area contributed by atoms with Gasteiger partial charge in [-0.2, -0.15) is 0 Å². The maximum absolute atomic E-state index is 9.71. The molecule has 0 aromatic carbocycles. The number of aliphatic hydroxyl groups excluding tert-OH is 1. The van der Waals surface area contributed by atoms with E-state index in [9.17, 15) is 5.11 Å². The Labute approximate surface area is 119 Å². The van der Waals surface area contributed by atoms with Crippen LogP contribution in [0.3, 0.4) is 0 Å². The Bertz CT molecular complexity index is 253. The number of hydrogen-bond donors (Lipinski definition) is 2. The highest BCUT2D eigenvalue weighted by Crippen LogP contribution is 2.31. The fourth-order valence-corrected chi connectivity index (χ4v) is 3.06. The highest BCUT2D eigenvalue weighted by Gasteiger charge is 2.31. The van der Waals surface area contributed by atoms with Crippen LogP contribution in [0.2, 0.25) is 0 Å². The van der Waals surface area contributed by atoms with Crippen molar-refractivity contribution in [3.05, 3.63) is 0 Å². The van der Waals surface area contributed by atoms with E-state index in [0.29, 0.717) is 12.1 Å². The number of nitrogens with one attached hydrogen (secondary N) is 1. The van der Waals surface area contributed by atoms with Crippen molar-refractivity contribution in [1.29, 1.82) is 0 Å². The van der Waals surface area contributed by atoms with Crippen LogP contribution in [0, 0.1) is 5.92 Å². The third-order valence-corrected chi connectivity index (χ3v) is 4.06. The van der Waals surface area contributed by atoms with Gasteiger partial charge in [-0.3, -0.25) is 0 Å². The lowest BCUT2D eigenvalue weighted by atomic mass is 9.92. The molecule has 0 amide bonds. The van der Waals surface area contributed by atoms with Crippen molar-refractivity contribution < 1.29 is 5.11 Å². The van der Waals surface area contributed by atoms with Crippen molar-refractivity contribution in [2.24, 2.45) is 5.92 Å². The Balaban J connectivity index is 2.53. The molecule has 1 aliphatic rings. The summed E-state index contributed by atoms with van der Waals surface area (Å²) in [6, 6.07) is 0.941. The summed E-state index contributed by atoms with van der Waals surface area (Å²) in [6.45, 7) is 13.6. The SMILES string of the molecule is CCCN(CC1CC1)C(C)CC(C)(CO)NC(C)C. The Morgan fingerprint density at radius 1 is 1.32 bits per heavy atom. The highest BCUT2D eigenvalue weighted by atomic mass is 16.3. The van der Waals surface area contributed by atoms with Gasteiger partial charge in [0.25, 0.3) is 0 Å². The number of rotatable bonds is 10. The molecule has 2 N–H and O–H groups in total. The third kappa shape index (κ3) is 6.24. The van der Waals surface area contributed by atoms with Crippen LogP contribution in [0.1, 0.15) is 60.3 Å². The topological polar surface area (TPSA) is 35.5 Å². The van der Waals surface area contributed by atoms with Gasteiger partial charge in [-0.15, -0.1) is 0 Å². The summed E-state index contributed by atoms with van der Waals surface area (Å²) in [5.74, 6) is 0.937. The predicted octanol–water partition coefficient (Wildman–Crippen LogP) is 2.64. The molecule has 1 fully saturated rings. The molecule has 114 valence electrons. The molecule has 2 unspecified atom stereocenters. The van der Waals surface area contributed by atoms with E-state index in [-0.39, 0.29) is 12.1 Å². The van der Waals surface area contributed by atoms with E-state index in [2.05, 4.69) is 44.8 Å². The second-order valence-corrected chi connectivity index (χ2v) is 7.01. The minimum absolute atomic E-state index is 0.164. The number of aliphatic hydroxyl groups is 1. The molecule has 0 saturated heterocycles. The molecule has 0 bridgehead atoms. The number of nitrogens with zero attached hydrogens (tertiary/aromatic N) is 1. The van der Waals surface area contributed by atoms with Crippen molar-refractivity contribution in [2.45, 2.75) is 77.9 Å². The van der Waals surface area contributed by atoms with Gasteiger partial charge < -0.3 is 15.3 Å². The minimum atomic E-state index is -0.164. The van der Waals surface area contributed by atoms with Gasteiger partial charge >= 0.3 is 0 Å². The first-order chi connectivity index (χ1) is 8.90. The first-order valence-electron chi connectivity index (χ1n) is 8.02. The van der Waals surface area contributed by atoms with E-state index in [4.69, 9.17) is 0 Å². The van der Waals surface area contributed by atoms with Crippen LogP contribution >= 0.6 is 0 Å². The average Bonchev–Trinajstić information content (AvgIpc) is 3.11. The molecule has 19 heavy (non-hydrogen) atoms. The van der Waals surface area contributed by atoms with Gasteiger partial charge in [0.05, 0.1) is 6.61 Å². The fourth-order valence-electron chi connectivity index (χ4n) is 3.06. The fraction of sp³-hybridized carbons (Fsp3) is 1.00. The largest absolute Gasteiger partial charge is 0.394 e. The van der Waals surface area contributed by atoms with Crippen LogP contribution in [0.25, 0.3) is 0 Å². The maximum Gasteiger partial charge on any atom is 0.0611 e. The molecule has 3 nitrogen and oxygen atoms in total. The lowest BCUT2D eigenvalue weighted by Gasteiger charge is -2.38. The van der Waals surface area contributed by atoms with E-state index in [1.807, 2.05) is 0 Å². The van der Waals surface area contributed by atoms with Gasteiger partial charge in [0.2, 0.25) is 0 Å². The molecule has 1 saturated carbocycles. The van der Waals surface area contributed by atoms with Gasteiger partial charge in [-0.1, -0.05) is 20.8 Å². The van der Waals surface area contributed by atoms with Gasteiger partial charge in [-0.05, 0) is 52.0 Å². The maximum atomic E-state index is 9.71. The first-order valence-corrected chi connectivity index (χ1v) is 8.02. The first kappa shape index (κ1) is 16.9. The molecule has 0 heterocycles. The smallest absolute Gasteiger partial charge is 0.0611 e. The van der Waals surface area contributed by atoms with Gasteiger partial charge in [-0.25, -0.2) is 0 Å². The van der Waals surface area contributed by atoms with Gasteiger partial charge in [0.1, 0.15) is 0 Å². The Hall–Kier alpha value is -0.120.